The van der Waals surface area contributed by atoms with Crippen LogP contribution in [0, 0.1) is 19.8 Å². The van der Waals surface area contributed by atoms with E-state index in [1.807, 2.05) is 23.8 Å². The van der Waals surface area contributed by atoms with E-state index in [2.05, 4.69) is 30.3 Å². The van der Waals surface area contributed by atoms with Crippen molar-refractivity contribution in [2.45, 2.75) is 26.7 Å². The van der Waals surface area contributed by atoms with E-state index in [0.29, 0.717) is 11.6 Å². The van der Waals surface area contributed by atoms with Crippen molar-refractivity contribution in [2.75, 3.05) is 23.3 Å². The molecule has 27 heavy (non-hydrogen) atoms. The summed E-state index contributed by atoms with van der Waals surface area (Å²) >= 11 is 0. The van der Waals surface area contributed by atoms with Gasteiger partial charge in [-0.1, -0.05) is 5.16 Å². The van der Waals surface area contributed by atoms with E-state index < -0.39 is 0 Å². The molecular weight excluding hydrogens is 346 g/mol. The second kappa shape index (κ2) is 7.18. The van der Waals surface area contributed by atoms with Crippen LogP contribution in [0.15, 0.2) is 35.4 Å². The molecule has 1 aliphatic heterocycles. The fourth-order valence-electron chi connectivity index (χ4n) is 3.29. The number of hydrogen-bond donors (Lipinski definition) is 1. The molecule has 140 valence electrons. The van der Waals surface area contributed by atoms with Gasteiger partial charge in [0.2, 0.25) is 5.91 Å². The number of anilines is 2. The van der Waals surface area contributed by atoms with Crippen LogP contribution in [-0.2, 0) is 4.79 Å². The Bertz CT molecular complexity index is 941. The molecule has 3 aromatic heterocycles. The summed E-state index contributed by atoms with van der Waals surface area (Å²) in [5.74, 6) is 3.60. The summed E-state index contributed by atoms with van der Waals surface area (Å²) in [6.07, 6.45) is 6.70. The molecule has 0 aromatic carbocycles. The van der Waals surface area contributed by atoms with Gasteiger partial charge in [-0.3, -0.25) is 9.36 Å². The first-order valence-corrected chi connectivity index (χ1v) is 8.91. The molecule has 0 spiro atoms. The van der Waals surface area contributed by atoms with Crippen molar-refractivity contribution < 1.29 is 9.32 Å². The second-order valence-corrected chi connectivity index (χ2v) is 6.65. The minimum absolute atomic E-state index is 0.0135. The number of hydrogen-bond acceptors (Lipinski definition) is 7. The Morgan fingerprint density at radius 2 is 1.93 bits per heavy atom. The highest BCUT2D eigenvalue weighted by molar-refractivity contribution is 5.91. The third-order valence-electron chi connectivity index (χ3n) is 4.78. The molecule has 1 aliphatic rings. The number of piperidine rings is 1. The zero-order valence-electron chi connectivity index (χ0n) is 15.3. The van der Waals surface area contributed by atoms with Crippen molar-refractivity contribution >= 4 is 17.5 Å². The number of nitrogens with zero attached hydrogens (tertiary/aromatic N) is 6. The van der Waals surface area contributed by atoms with Crippen LogP contribution in [0.25, 0.3) is 5.82 Å². The standard InChI is InChI=1S/C18H21N7O2/c1-12-9-15(23-27-12)22-18(26)14-3-6-24(7-4-14)16-10-17(21-11-20-16)25-8-5-19-13(25)2/h5,8-11,14H,3-4,6-7H2,1-2H3,(H,22,23,26). The summed E-state index contributed by atoms with van der Waals surface area (Å²) in [5, 5.41) is 6.64. The number of aryl methyl sites for hydroxylation is 2. The Labute approximate surface area is 156 Å². The minimum Gasteiger partial charge on any atom is -0.360 e. The summed E-state index contributed by atoms with van der Waals surface area (Å²) in [5.41, 5.74) is 0. The molecule has 4 rings (SSSR count). The Morgan fingerprint density at radius 3 is 2.59 bits per heavy atom. The highest BCUT2D eigenvalue weighted by atomic mass is 16.5. The first-order valence-electron chi connectivity index (χ1n) is 8.91. The van der Waals surface area contributed by atoms with Gasteiger partial charge < -0.3 is 14.7 Å². The fourth-order valence-corrected chi connectivity index (χ4v) is 3.29. The molecular formula is C18H21N7O2. The number of nitrogens with one attached hydrogen (secondary N) is 1. The van der Waals surface area contributed by atoms with Crippen LogP contribution in [0.1, 0.15) is 24.4 Å². The highest BCUT2D eigenvalue weighted by Crippen LogP contribution is 2.24. The van der Waals surface area contributed by atoms with Gasteiger partial charge in [-0.05, 0) is 26.7 Å². The lowest BCUT2D eigenvalue weighted by molar-refractivity contribution is -0.120. The number of carbonyl (C=O) groups excluding carboxylic acids is 1. The van der Waals surface area contributed by atoms with Crippen molar-refractivity contribution in [3.63, 3.8) is 0 Å². The van der Waals surface area contributed by atoms with Crippen LogP contribution in [0.5, 0.6) is 0 Å². The average Bonchev–Trinajstić information content (AvgIpc) is 3.30. The predicted octanol–water partition coefficient (Wildman–Crippen LogP) is 2.12. The van der Waals surface area contributed by atoms with Gasteiger partial charge in [0.15, 0.2) is 5.82 Å². The smallest absolute Gasteiger partial charge is 0.228 e. The van der Waals surface area contributed by atoms with Gasteiger partial charge in [0, 0.05) is 43.5 Å². The average molecular weight is 367 g/mol. The summed E-state index contributed by atoms with van der Waals surface area (Å²) in [4.78, 5) is 27.6. The van der Waals surface area contributed by atoms with Crippen molar-refractivity contribution in [1.82, 2.24) is 24.7 Å². The van der Waals surface area contributed by atoms with Gasteiger partial charge >= 0.3 is 0 Å². The van der Waals surface area contributed by atoms with Gasteiger partial charge in [0.05, 0.1) is 0 Å². The summed E-state index contributed by atoms with van der Waals surface area (Å²) in [6, 6.07) is 3.67. The highest BCUT2D eigenvalue weighted by Gasteiger charge is 2.26. The monoisotopic (exact) mass is 367 g/mol. The molecule has 4 heterocycles. The van der Waals surface area contributed by atoms with Crippen molar-refractivity contribution in [3.8, 4) is 5.82 Å². The van der Waals surface area contributed by atoms with Gasteiger partial charge in [0.25, 0.3) is 0 Å². The first kappa shape index (κ1) is 17.2. The molecule has 1 N–H and O–H groups in total. The van der Waals surface area contributed by atoms with Crippen LogP contribution in [0.4, 0.5) is 11.6 Å². The number of imidazole rings is 1. The summed E-state index contributed by atoms with van der Waals surface area (Å²) in [7, 11) is 0. The van der Waals surface area contributed by atoms with E-state index in [0.717, 1.165) is 43.4 Å². The quantitative estimate of drug-likeness (QED) is 0.753. The minimum atomic E-state index is -0.0459. The topological polar surface area (TPSA) is 102 Å². The zero-order valence-corrected chi connectivity index (χ0v) is 15.3. The van der Waals surface area contributed by atoms with Crippen molar-refractivity contribution in [2.24, 2.45) is 5.92 Å². The Kier molecular flexibility index (Phi) is 4.57. The Morgan fingerprint density at radius 1 is 1.15 bits per heavy atom. The SMILES string of the molecule is Cc1cc(NC(=O)C2CCN(c3cc(-n4ccnc4C)ncn3)CC2)no1. The normalized spacial score (nSPS) is 15.1. The molecule has 0 unspecified atom stereocenters. The summed E-state index contributed by atoms with van der Waals surface area (Å²) < 4.78 is 6.91. The maximum Gasteiger partial charge on any atom is 0.228 e. The molecule has 0 radical (unpaired) electrons. The molecule has 1 fully saturated rings. The van der Waals surface area contributed by atoms with Crippen molar-refractivity contribution in [3.05, 3.63) is 42.4 Å². The molecule has 1 saturated heterocycles. The van der Waals surface area contributed by atoms with Crippen LogP contribution in [-0.4, -0.2) is 43.7 Å². The van der Waals surface area contributed by atoms with E-state index >= 15 is 0 Å². The zero-order chi connectivity index (χ0) is 18.8. The first-order chi connectivity index (χ1) is 13.1. The molecule has 0 atom stereocenters. The lowest BCUT2D eigenvalue weighted by Crippen LogP contribution is -2.38. The van der Waals surface area contributed by atoms with Crippen LogP contribution in [0.3, 0.4) is 0 Å². The fraction of sp³-hybridized carbons (Fsp3) is 0.389. The van der Waals surface area contributed by atoms with Crippen LogP contribution >= 0.6 is 0 Å². The van der Waals surface area contributed by atoms with E-state index in [4.69, 9.17) is 4.52 Å². The Balaban J connectivity index is 1.39. The van der Waals surface area contributed by atoms with Crippen molar-refractivity contribution in [1.29, 1.82) is 0 Å². The molecule has 9 nitrogen and oxygen atoms in total. The molecule has 3 aromatic rings. The molecule has 0 saturated carbocycles. The molecule has 9 heteroatoms. The maximum atomic E-state index is 12.4. The van der Waals surface area contributed by atoms with E-state index in [9.17, 15) is 4.79 Å². The van der Waals surface area contributed by atoms with E-state index in [1.165, 1.54) is 0 Å². The number of carbonyl (C=O) groups is 1. The molecule has 1 amide bonds. The lowest BCUT2D eigenvalue weighted by Gasteiger charge is -2.32. The molecule has 0 bridgehead atoms. The Hall–Kier alpha value is -3.23. The third-order valence-corrected chi connectivity index (χ3v) is 4.78. The van der Waals surface area contributed by atoms with Crippen LogP contribution in [0.2, 0.25) is 0 Å². The number of rotatable bonds is 4. The van der Waals surface area contributed by atoms with Gasteiger partial charge in [-0.15, -0.1) is 0 Å². The second-order valence-electron chi connectivity index (χ2n) is 6.65. The van der Waals surface area contributed by atoms with Gasteiger partial charge in [0.1, 0.15) is 29.5 Å². The van der Waals surface area contributed by atoms with Gasteiger partial charge in [-0.25, -0.2) is 15.0 Å². The molecule has 0 aliphatic carbocycles. The van der Waals surface area contributed by atoms with Crippen LogP contribution < -0.4 is 10.2 Å². The number of aromatic nitrogens is 5. The van der Waals surface area contributed by atoms with E-state index in [1.54, 1.807) is 25.5 Å². The third kappa shape index (κ3) is 3.67. The van der Waals surface area contributed by atoms with E-state index in [-0.39, 0.29) is 11.8 Å². The maximum absolute atomic E-state index is 12.4. The largest absolute Gasteiger partial charge is 0.360 e. The number of amides is 1. The lowest BCUT2D eigenvalue weighted by atomic mass is 9.96. The summed E-state index contributed by atoms with van der Waals surface area (Å²) in [6.45, 7) is 5.25. The predicted molar refractivity (Wildman–Crippen MR) is 98.7 cm³/mol. The van der Waals surface area contributed by atoms with Gasteiger partial charge in [-0.2, -0.15) is 0 Å².